The molecule has 1 rings (SSSR count). The molecular weight excluding hydrogens is 377 g/mol. The van der Waals surface area contributed by atoms with Crippen LogP contribution in [0.1, 0.15) is 26.7 Å². The van der Waals surface area contributed by atoms with Gasteiger partial charge in [0, 0.05) is 14.3 Å². The Morgan fingerprint density at radius 2 is 2.42 bits per heavy atom. The molecular formula is C10H16AmN-. The van der Waals surface area contributed by atoms with Crippen molar-refractivity contribution >= 4 is 6.21 Å². The smallest absolute Gasteiger partial charge is 0 e. The Labute approximate surface area is 83.2 Å². The van der Waals surface area contributed by atoms with Gasteiger partial charge in [0.1, 0.15) is 0 Å². The first-order chi connectivity index (χ1) is 5.27. The summed E-state index contributed by atoms with van der Waals surface area (Å²) in [6.07, 6.45) is 7.84. The molecule has 0 bridgehead atoms. The third kappa shape index (κ3) is 3.46. The summed E-state index contributed by atoms with van der Waals surface area (Å²) >= 11 is 0. The van der Waals surface area contributed by atoms with Crippen LogP contribution < -0.4 is 0 Å². The summed E-state index contributed by atoms with van der Waals surface area (Å²) in [6, 6.07) is 0. The summed E-state index contributed by atoms with van der Waals surface area (Å²) in [6.45, 7) is 4.30. The maximum Gasteiger partial charge on any atom is 0 e. The topological polar surface area (TPSA) is 12.4 Å². The molecule has 1 fully saturated rings. The van der Waals surface area contributed by atoms with Crippen LogP contribution >= 0.6 is 0 Å². The zero-order chi connectivity index (χ0) is 8.27. The minimum atomic E-state index is 0. The minimum Gasteiger partial charge on any atom is -0.505 e. The molecule has 2 heteroatoms. The molecule has 0 saturated heterocycles. The standard InChI is InChI=1S/C10H16N.Am/c1-4-9-6-10(9)5-8(2)7-11-3;/h4,8,10H,5-6H2,1-3H3;/q-1;/b9-4-;. The number of aliphatic imine (C=N–C) groups is 1. The van der Waals surface area contributed by atoms with Crippen molar-refractivity contribution in [2.75, 3.05) is 7.05 Å². The molecule has 0 heterocycles. The molecule has 1 radical (unpaired) electrons. The van der Waals surface area contributed by atoms with Gasteiger partial charge in [-0.3, -0.25) is 0 Å². The maximum atomic E-state index is 3.90. The number of hydrogen-bond donors (Lipinski definition) is 0. The Kier molecular flexibility index (Phi) is 5.36. The number of hydrogen-bond acceptors (Lipinski definition) is 1. The van der Waals surface area contributed by atoms with Gasteiger partial charge in [0.25, 0.3) is 0 Å². The molecule has 12 heavy (non-hydrogen) atoms. The van der Waals surface area contributed by atoms with Gasteiger partial charge in [-0.2, -0.15) is 5.92 Å². The first-order valence-corrected chi connectivity index (χ1v) is 4.27. The fraction of sp³-hybridized carbons (Fsp3) is 0.700. The van der Waals surface area contributed by atoms with Crippen LogP contribution in [-0.4, -0.2) is 13.3 Å². The molecule has 0 aliphatic heterocycles. The summed E-state index contributed by atoms with van der Waals surface area (Å²) in [4.78, 5) is 3.90. The molecule has 1 aliphatic carbocycles. The van der Waals surface area contributed by atoms with Gasteiger partial charge >= 0.3 is 0 Å². The predicted octanol–water partition coefficient (Wildman–Crippen LogP) is 2.56. The van der Waals surface area contributed by atoms with Crippen molar-refractivity contribution in [3.63, 3.8) is 0 Å². The molecule has 1 aliphatic rings. The van der Waals surface area contributed by atoms with E-state index >= 15 is 0 Å². The fourth-order valence-corrected chi connectivity index (χ4v) is 1.51. The second kappa shape index (κ2) is 5.45. The quantitative estimate of drug-likeness (QED) is 0.397. The van der Waals surface area contributed by atoms with Crippen LogP contribution in [0.4, 0.5) is 0 Å². The van der Waals surface area contributed by atoms with Gasteiger partial charge in [0.05, 0.1) is 0 Å². The van der Waals surface area contributed by atoms with E-state index in [2.05, 4.69) is 31.1 Å². The van der Waals surface area contributed by atoms with E-state index in [1.165, 1.54) is 12.8 Å². The molecule has 69 valence electrons. The number of allylic oxidation sites excluding steroid dienone is 2. The van der Waals surface area contributed by atoms with Crippen LogP contribution in [0.2, 0.25) is 0 Å². The molecule has 1 saturated carbocycles. The monoisotopic (exact) mass is 391 g/mol. The van der Waals surface area contributed by atoms with Crippen molar-refractivity contribution in [3.8, 4) is 0 Å². The molecule has 0 aromatic rings. The molecule has 0 spiro atoms. The average molecular weight is 393 g/mol. The van der Waals surface area contributed by atoms with Crippen molar-refractivity contribution in [3.05, 3.63) is 11.6 Å². The van der Waals surface area contributed by atoms with Gasteiger partial charge in [0.2, 0.25) is 0 Å². The van der Waals surface area contributed by atoms with Crippen molar-refractivity contribution < 1.29 is 14.3 Å². The van der Waals surface area contributed by atoms with Gasteiger partial charge in [-0.05, 0) is 26.3 Å². The van der Waals surface area contributed by atoms with Crippen molar-refractivity contribution in [1.29, 1.82) is 0 Å². The van der Waals surface area contributed by atoms with Crippen molar-refractivity contribution in [1.82, 2.24) is 0 Å². The third-order valence-electron chi connectivity index (χ3n) is 2.20. The Morgan fingerprint density at radius 1 is 1.75 bits per heavy atom. The van der Waals surface area contributed by atoms with Crippen LogP contribution in [0, 0.1) is 26.1 Å². The van der Waals surface area contributed by atoms with Crippen LogP contribution in [0.15, 0.2) is 16.6 Å². The van der Waals surface area contributed by atoms with Crippen LogP contribution in [0.5, 0.6) is 0 Å². The second-order valence-corrected chi connectivity index (χ2v) is 3.25. The van der Waals surface area contributed by atoms with E-state index < -0.39 is 0 Å². The largest absolute Gasteiger partial charge is 0.505 e. The van der Waals surface area contributed by atoms with E-state index in [4.69, 9.17) is 0 Å². The molecule has 2 unspecified atom stereocenters. The molecule has 0 N–H and O–H groups in total. The Hall–Kier alpha value is -0.200. The molecule has 0 amide bonds. The maximum absolute atomic E-state index is 3.90. The SMILES string of the molecule is C/C=C1/CC1CC(C)[C-]=NC.[Am]. The Bertz CT molecular complexity index is 184. The number of rotatable bonds is 3. The van der Waals surface area contributed by atoms with Gasteiger partial charge < -0.3 is 11.2 Å². The zero-order valence-corrected chi connectivity index (χ0v) is 11.1. The third-order valence-corrected chi connectivity index (χ3v) is 2.20. The molecule has 0 aromatic carbocycles. The minimum absolute atomic E-state index is 0. The average Bonchev–Trinajstić information content (AvgIpc) is 2.68. The van der Waals surface area contributed by atoms with E-state index in [-0.39, 0.29) is 14.3 Å². The van der Waals surface area contributed by atoms with Crippen LogP contribution in [0.3, 0.4) is 0 Å². The fourth-order valence-electron chi connectivity index (χ4n) is 1.51. The van der Waals surface area contributed by atoms with Gasteiger partial charge in [-0.1, -0.05) is 25.0 Å². The Morgan fingerprint density at radius 3 is 2.83 bits per heavy atom. The van der Waals surface area contributed by atoms with Crippen LogP contribution in [0.25, 0.3) is 0 Å². The van der Waals surface area contributed by atoms with Crippen molar-refractivity contribution in [2.24, 2.45) is 16.8 Å². The van der Waals surface area contributed by atoms with Gasteiger partial charge in [-0.15, -0.1) is 0 Å². The summed E-state index contributed by atoms with van der Waals surface area (Å²) < 4.78 is 0. The number of nitrogens with zero attached hydrogens (tertiary/aromatic N) is 1. The first-order valence-electron chi connectivity index (χ1n) is 4.27. The summed E-state index contributed by atoms with van der Waals surface area (Å²) in [5.41, 5.74) is 1.62. The van der Waals surface area contributed by atoms with E-state index in [9.17, 15) is 0 Å². The van der Waals surface area contributed by atoms with E-state index in [0.717, 1.165) is 5.92 Å². The van der Waals surface area contributed by atoms with E-state index in [1.54, 1.807) is 12.6 Å². The van der Waals surface area contributed by atoms with E-state index in [1.807, 2.05) is 0 Å². The molecule has 1 nitrogen and oxygen atoms in total. The predicted molar refractivity (Wildman–Crippen MR) is 49.0 cm³/mol. The van der Waals surface area contributed by atoms with E-state index in [0.29, 0.717) is 5.92 Å². The Balaban J connectivity index is 0.00000121. The second-order valence-electron chi connectivity index (χ2n) is 3.25. The van der Waals surface area contributed by atoms with Crippen molar-refractivity contribution in [2.45, 2.75) is 26.7 Å². The summed E-state index contributed by atoms with van der Waals surface area (Å²) in [7, 11) is 1.79. The zero-order valence-electron chi connectivity index (χ0n) is 7.97. The molecule has 2 atom stereocenters. The van der Waals surface area contributed by atoms with Crippen LogP contribution in [-0.2, 0) is 0 Å². The molecule has 0 aromatic heterocycles. The summed E-state index contributed by atoms with van der Waals surface area (Å²) in [5, 5.41) is 0. The van der Waals surface area contributed by atoms with Gasteiger partial charge in [0.15, 0.2) is 0 Å². The summed E-state index contributed by atoms with van der Waals surface area (Å²) in [5.74, 6) is 1.38. The first kappa shape index (κ1) is 11.8. The normalized spacial score (nSPS) is 27.2. The van der Waals surface area contributed by atoms with Gasteiger partial charge in [-0.25, -0.2) is 0 Å².